The molecule has 0 saturated heterocycles. The van der Waals surface area contributed by atoms with Crippen LogP contribution in [0.2, 0.25) is 5.02 Å². The molecular formula is C11H9ClFN4O5S-. The number of methoxy groups -OCH3 is 1. The van der Waals surface area contributed by atoms with Crippen molar-refractivity contribution in [2.24, 2.45) is 0 Å². The largest absolute Gasteiger partial charge is 0.626 e. The van der Waals surface area contributed by atoms with Crippen LogP contribution in [0.25, 0.3) is 0 Å². The average Bonchev–Trinajstić information content (AvgIpc) is 2.49. The van der Waals surface area contributed by atoms with Crippen molar-refractivity contribution in [3.63, 3.8) is 0 Å². The van der Waals surface area contributed by atoms with E-state index in [2.05, 4.69) is 9.97 Å². The molecule has 0 unspecified atom stereocenters. The molecule has 0 fully saturated rings. The van der Waals surface area contributed by atoms with Crippen LogP contribution in [0, 0.1) is 16.2 Å². The molecule has 9 nitrogen and oxygen atoms in total. The van der Waals surface area contributed by atoms with Crippen LogP contribution in [-0.2, 0) is 10.0 Å². The van der Waals surface area contributed by atoms with Crippen molar-refractivity contribution in [2.45, 2.75) is 4.90 Å². The molecule has 124 valence electrons. The predicted octanol–water partition coefficient (Wildman–Crippen LogP) is 0.591. The van der Waals surface area contributed by atoms with E-state index in [9.17, 15) is 23.2 Å². The highest BCUT2D eigenvalue weighted by atomic mass is 35.5. The summed E-state index contributed by atoms with van der Waals surface area (Å²) in [7, 11) is -3.26. The Labute approximate surface area is 134 Å². The zero-order valence-electron chi connectivity index (χ0n) is 11.4. The summed E-state index contributed by atoms with van der Waals surface area (Å²) >= 11 is 5.54. The molecule has 0 saturated carbocycles. The Kier molecular flexibility index (Phi) is 4.97. The van der Waals surface area contributed by atoms with Crippen molar-refractivity contribution in [1.82, 2.24) is 9.97 Å². The van der Waals surface area contributed by atoms with Gasteiger partial charge in [0.05, 0.1) is 12.1 Å². The van der Waals surface area contributed by atoms with E-state index in [0.717, 1.165) is 19.4 Å². The first-order valence-corrected chi connectivity index (χ1v) is 7.71. The van der Waals surface area contributed by atoms with Crippen LogP contribution < -0.4 is 14.7 Å². The van der Waals surface area contributed by atoms with Gasteiger partial charge in [-0.1, -0.05) is 17.7 Å². The van der Waals surface area contributed by atoms with Gasteiger partial charge in [-0.3, -0.25) is 4.72 Å². The summed E-state index contributed by atoms with van der Waals surface area (Å²) in [6.07, 6.45) is 0.768. The maximum absolute atomic E-state index is 13.8. The first kappa shape index (κ1) is 17.3. The smallest absolute Gasteiger partial charge is 0.266 e. The number of quaternary nitrogens is 1. The topological polar surface area (TPSA) is 132 Å². The standard InChI is InChI=1S/C11H9ClFN4O5S/c1-22-11-10(14-5-8(15-11)17(18)19)16-23(20,21)7-4-2-3-6(12)9(7)13/h2-5,17H,1H3,(H,14,16)/q-1. The molecule has 1 aromatic heterocycles. The number of halogens is 2. The van der Waals surface area contributed by atoms with Crippen LogP contribution in [0.15, 0.2) is 29.3 Å². The molecular weight excluding hydrogens is 355 g/mol. The highest BCUT2D eigenvalue weighted by Crippen LogP contribution is 2.26. The van der Waals surface area contributed by atoms with Gasteiger partial charge in [-0.05, 0) is 12.1 Å². The first-order chi connectivity index (χ1) is 10.8. The van der Waals surface area contributed by atoms with E-state index in [4.69, 9.17) is 16.3 Å². The molecule has 23 heavy (non-hydrogen) atoms. The summed E-state index contributed by atoms with van der Waals surface area (Å²) < 4.78 is 45.0. The van der Waals surface area contributed by atoms with Crippen LogP contribution in [0.1, 0.15) is 0 Å². The molecule has 12 heteroatoms. The van der Waals surface area contributed by atoms with Crippen molar-refractivity contribution in [3.8, 4) is 5.88 Å². The molecule has 2 rings (SSSR count). The minimum absolute atomic E-state index is 0.377. The Balaban J connectivity index is 2.43. The number of hydrogen-bond acceptors (Lipinski definition) is 7. The van der Waals surface area contributed by atoms with E-state index in [1.807, 2.05) is 4.72 Å². The van der Waals surface area contributed by atoms with Crippen LogP contribution in [-0.4, -0.2) is 25.5 Å². The molecule has 1 heterocycles. The Hall–Kier alpha value is -2.05. The Morgan fingerprint density at radius 1 is 1.39 bits per heavy atom. The lowest BCUT2D eigenvalue weighted by atomic mass is 10.3. The first-order valence-electron chi connectivity index (χ1n) is 5.85. The van der Waals surface area contributed by atoms with Crippen molar-refractivity contribution < 1.29 is 22.8 Å². The van der Waals surface area contributed by atoms with E-state index in [1.54, 1.807) is 0 Å². The third-order valence-electron chi connectivity index (χ3n) is 2.58. The number of nitrogens with one attached hydrogen (secondary N) is 2. The number of aromatic nitrogens is 2. The van der Waals surface area contributed by atoms with E-state index in [0.29, 0.717) is 0 Å². The van der Waals surface area contributed by atoms with Gasteiger partial charge in [0, 0.05) is 0 Å². The Morgan fingerprint density at radius 2 is 2.09 bits per heavy atom. The maximum atomic E-state index is 13.8. The molecule has 0 radical (unpaired) electrons. The fraction of sp³-hybridized carbons (Fsp3) is 0.0909. The summed E-state index contributed by atoms with van der Waals surface area (Å²) in [5.74, 6) is -2.53. The molecule has 0 atom stereocenters. The zero-order chi connectivity index (χ0) is 17.2. The SMILES string of the molecule is COc1nc([NH+]([O-])[O-])cnc1NS(=O)(=O)c1cccc(Cl)c1F. The summed E-state index contributed by atoms with van der Waals surface area (Å²) in [5.41, 5.74) is 0. The summed E-state index contributed by atoms with van der Waals surface area (Å²) in [5, 5.41) is 19.4. The van der Waals surface area contributed by atoms with Crippen molar-refractivity contribution in [1.29, 1.82) is 0 Å². The zero-order valence-corrected chi connectivity index (χ0v) is 13.0. The number of anilines is 1. The highest BCUT2D eigenvalue weighted by Gasteiger charge is 2.23. The summed E-state index contributed by atoms with van der Waals surface area (Å²) in [6.45, 7) is 0. The minimum atomic E-state index is -4.39. The van der Waals surface area contributed by atoms with Gasteiger partial charge in [0.1, 0.15) is 11.1 Å². The normalized spacial score (nSPS) is 11.6. The molecule has 0 bridgehead atoms. The van der Waals surface area contributed by atoms with Crippen molar-refractivity contribution in [2.75, 3.05) is 11.8 Å². The Bertz CT molecular complexity index is 833. The number of hydrogen-bond donors (Lipinski definition) is 2. The van der Waals surface area contributed by atoms with Gasteiger partial charge < -0.3 is 20.4 Å². The number of nitrogens with zero attached hydrogens (tertiary/aromatic N) is 2. The van der Waals surface area contributed by atoms with Crippen LogP contribution >= 0.6 is 11.6 Å². The molecule has 2 N–H and O–H groups in total. The highest BCUT2D eigenvalue weighted by molar-refractivity contribution is 7.92. The fourth-order valence-corrected chi connectivity index (χ4v) is 2.90. The van der Waals surface area contributed by atoms with E-state index in [-0.39, 0.29) is 5.02 Å². The number of rotatable bonds is 5. The second-order valence-corrected chi connectivity index (χ2v) is 6.12. The predicted molar refractivity (Wildman–Crippen MR) is 78.2 cm³/mol. The van der Waals surface area contributed by atoms with Crippen LogP contribution in [0.4, 0.5) is 16.0 Å². The average molecular weight is 364 g/mol. The lowest BCUT2D eigenvalue weighted by Crippen LogP contribution is -2.96. The molecule has 0 aliphatic rings. The van der Waals surface area contributed by atoms with Crippen LogP contribution in [0.3, 0.4) is 0 Å². The molecule has 1 aromatic carbocycles. The maximum Gasteiger partial charge on any atom is 0.266 e. The second-order valence-electron chi connectivity index (χ2n) is 4.06. The number of ether oxygens (including phenoxy) is 1. The third kappa shape index (κ3) is 3.65. The van der Waals surface area contributed by atoms with Gasteiger partial charge in [0.15, 0.2) is 5.82 Å². The van der Waals surface area contributed by atoms with E-state index in [1.165, 1.54) is 12.1 Å². The monoisotopic (exact) mass is 363 g/mol. The van der Waals surface area contributed by atoms with Gasteiger partial charge in [-0.25, -0.2) is 17.8 Å². The minimum Gasteiger partial charge on any atom is -0.626 e. The Morgan fingerprint density at radius 3 is 2.70 bits per heavy atom. The summed E-state index contributed by atoms with van der Waals surface area (Å²) in [4.78, 5) is 6.38. The van der Waals surface area contributed by atoms with E-state index >= 15 is 0 Å². The fourth-order valence-electron chi connectivity index (χ4n) is 1.56. The quantitative estimate of drug-likeness (QED) is 0.743. The third-order valence-corrected chi connectivity index (χ3v) is 4.23. The lowest BCUT2D eigenvalue weighted by Gasteiger charge is -2.23. The number of sulfonamides is 1. The van der Waals surface area contributed by atoms with Crippen molar-refractivity contribution in [3.05, 3.63) is 45.7 Å². The van der Waals surface area contributed by atoms with E-state index < -0.39 is 43.5 Å². The van der Waals surface area contributed by atoms with Gasteiger partial charge in [-0.2, -0.15) is 4.98 Å². The summed E-state index contributed by atoms with van der Waals surface area (Å²) in [6, 6.07) is 3.44. The van der Waals surface area contributed by atoms with Gasteiger partial charge >= 0.3 is 0 Å². The molecule has 0 amide bonds. The van der Waals surface area contributed by atoms with Gasteiger partial charge in [0.25, 0.3) is 15.9 Å². The van der Waals surface area contributed by atoms with Gasteiger partial charge in [-0.15, -0.1) is 0 Å². The van der Waals surface area contributed by atoms with Crippen LogP contribution in [0.5, 0.6) is 5.88 Å². The molecule has 0 aliphatic carbocycles. The van der Waals surface area contributed by atoms with Gasteiger partial charge in [0.2, 0.25) is 11.6 Å². The molecule has 2 aromatic rings. The lowest BCUT2D eigenvalue weighted by molar-refractivity contribution is -0.718. The molecule has 0 spiro atoms. The molecule has 0 aliphatic heterocycles. The second kappa shape index (κ2) is 6.60. The number of benzene rings is 1. The van der Waals surface area contributed by atoms with Crippen molar-refractivity contribution >= 4 is 33.3 Å².